The molecule has 1 unspecified atom stereocenters. The van der Waals surface area contributed by atoms with E-state index in [1.807, 2.05) is 0 Å². The zero-order chi connectivity index (χ0) is 53.6. The number of carbonyl (C=O) groups is 3. The van der Waals surface area contributed by atoms with Gasteiger partial charge >= 0.3 is 17.9 Å². The summed E-state index contributed by atoms with van der Waals surface area (Å²) in [6.45, 7) is 6.38. The molecular formula is C68H116O6. The molecule has 0 bridgehead atoms. The average Bonchev–Trinajstić information content (AvgIpc) is 3.40. The highest BCUT2D eigenvalue weighted by molar-refractivity contribution is 5.71. The van der Waals surface area contributed by atoms with Crippen molar-refractivity contribution in [1.29, 1.82) is 0 Å². The van der Waals surface area contributed by atoms with Crippen LogP contribution >= 0.6 is 0 Å². The summed E-state index contributed by atoms with van der Waals surface area (Å²) in [5.74, 6) is -0.925. The molecule has 0 rings (SSSR count). The van der Waals surface area contributed by atoms with Gasteiger partial charge in [0.25, 0.3) is 0 Å². The van der Waals surface area contributed by atoms with Crippen LogP contribution in [-0.2, 0) is 28.6 Å². The second-order valence-corrected chi connectivity index (χ2v) is 20.6. The molecule has 0 spiro atoms. The summed E-state index contributed by atoms with van der Waals surface area (Å²) in [7, 11) is 0. The second-order valence-electron chi connectivity index (χ2n) is 20.6. The maximum atomic E-state index is 12.8. The predicted molar refractivity (Wildman–Crippen MR) is 320 cm³/mol. The van der Waals surface area contributed by atoms with Crippen molar-refractivity contribution < 1.29 is 28.6 Å². The SMILES string of the molecule is CC/C=C\C/C=C\C/C=C\C/C=C\CCCCCCCCCCCCCCCCCCCCC(=O)OCC(COC(=O)CCCCCCCCCCCC)OC(=O)CCCC/C=C\C/C=C\C/C=C\C/C=C\CC. The fourth-order valence-corrected chi connectivity index (χ4v) is 8.72. The van der Waals surface area contributed by atoms with E-state index in [0.29, 0.717) is 19.3 Å². The first kappa shape index (κ1) is 70.3. The summed E-state index contributed by atoms with van der Waals surface area (Å²) in [6.07, 6.45) is 82.9. The fraction of sp³-hybridized carbons (Fsp3) is 0.721. The summed E-state index contributed by atoms with van der Waals surface area (Å²) in [5, 5.41) is 0. The van der Waals surface area contributed by atoms with Gasteiger partial charge < -0.3 is 14.2 Å². The maximum Gasteiger partial charge on any atom is 0.306 e. The topological polar surface area (TPSA) is 78.9 Å². The minimum atomic E-state index is -0.796. The van der Waals surface area contributed by atoms with Crippen molar-refractivity contribution in [3.05, 3.63) is 97.2 Å². The zero-order valence-electron chi connectivity index (χ0n) is 48.6. The van der Waals surface area contributed by atoms with E-state index in [0.717, 1.165) is 103 Å². The number of esters is 3. The molecule has 74 heavy (non-hydrogen) atoms. The number of ether oxygens (including phenoxy) is 3. The van der Waals surface area contributed by atoms with Gasteiger partial charge in [-0.1, -0.05) is 279 Å². The number of carbonyl (C=O) groups excluding carboxylic acids is 3. The molecule has 0 aromatic carbocycles. The van der Waals surface area contributed by atoms with Crippen molar-refractivity contribution in [1.82, 2.24) is 0 Å². The molecule has 0 saturated carbocycles. The zero-order valence-corrected chi connectivity index (χ0v) is 48.6. The molecule has 424 valence electrons. The fourth-order valence-electron chi connectivity index (χ4n) is 8.72. The molecule has 0 aliphatic heterocycles. The molecule has 0 aliphatic rings. The van der Waals surface area contributed by atoms with Crippen LogP contribution in [-0.4, -0.2) is 37.2 Å². The Kier molecular flexibility index (Phi) is 58.8. The summed E-state index contributed by atoms with van der Waals surface area (Å²) >= 11 is 0. The lowest BCUT2D eigenvalue weighted by atomic mass is 10.0. The van der Waals surface area contributed by atoms with Gasteiger partial charge in [0.15, 0.2) is 6.10 Å². The second kappa shape index (κ2) is 61.9. The molecule has 0 aromatic rings. The normalized spacial score (nSPS) is 12.7. The number of rotatable bonds is 56. The van der Waals surface area contributed by atoms with E-state index in [2.05, 4.69) is 118 Å². The van der Waals surface area contributed by atoms with Crippen molar-refractivity contribution in [3.63, 3.8) is 0 Å². The molecule has 0 aromatic heterocycles. The van der Waals surface area contributed by atoms with Crippen LogP contribution in [0.2, 0.25) is 0 Å². The van der Waals surface area contributed by atoms with Crippen molar-refractivity contribution in [3.8, 4) is 0 Å². The Labute approximate surface area is 457 Å². The van der Waals surface area contributed by atoms with Crippen LogP contribution in [0.15, 0.2) is 97.2 Å². The van der Waals surface area contributed by atoms with Crippen LogP contribution < -0.4 is 0 Å². The number of unbranched alkanes of at least 4 members (excludes halogenated alkanes) is 29. The van der Waals surface area contributed by atoms with Crippen molar-refractivity contribution >= 4 is 17.9 Å². The average molecular weight is 1030 g/mol. The molecule has 0 radical (unpaired) electrons. The first-order valence-electron chi connectivity index (χ1n) is 31.2. The van der Waals surface area contributed by atoms with Crippen molar-refractivity contribution in [2.45, 2.75) is 303 Å². The Hall–Kier alpha value is -3.67. The molecule has 6 nitrogen and oxygen atoms in total. The van der Waals surface area contributed by atoms with E-state index in [1.165, 1.54) is 148 Å². The van der Waals surface area contributed by atoms with Crippen LogP contribution in [0.3, 0.4) is 0 Å². The van der Waals surface area contributed by atoms with Gasteiger partial charge in [0.1, 0.15) is 13.2 Å². The third-order valence-electron chi connectivity index (χ3n) is 13.3. The molecular weight excluding hydrogens is 913 g/mol. The maximum absolute atomic E-state index is 12.8. The highest BCUT2D eigenvalue weighted by Crippen LogP contribution is 2.17. The van der Waals surface area contributed by atoms with Gasteiger partial charge in [-0.3, -0.25) is 14.4 Å². The van der Waals surface area contributed by atoms with Crippen molar-refractivity contribution in [2.75, 3.05) is 13.2 Å². The minimum absolute atomic E-state index is 0.0904. The van der Waals surface area contributed by atoms with Crippen LogP contribution in [0.5, 0.6) is 0 Å². The Bertz CT molecular complexity index is 1460. The standard InChI is InChI=1S/C68H116O6/c1-4-7-10-13-16-19-22-24-26-27-28-29-30-31-32-33-34-35-36-37-38-39-40-41-43-44-46-49-52-55-58-61-67(70)73-64-65(63-72-66(69)60-57-54-51-48-21-18-15-12-9-6-3)74-68(71)62-59-56-53-50-47-45-42-25-23-20-17-14-11-8-5-2/h7-8,10-11,16-17,19-20,24-26,28-29,42,47,50,65H,4-6,9,12-15,18,21-23,27,30-41,43-46,48-49,51-64H2,1-3H3/b10-7-,11-8-,19-16-,20-17-,26-24-,29-28-,42-25-,50-47-. The van der Waals surface area contributed by atoms with E-state index in [9.17, 15) is 14.4 Å². The lowest BCUT2D eigenvalue weighted by Gasteiger charge is -2.18. The van der Waals surface area contributed by atoms with Gasteiger partial charge in [-0.05, 0) is 96.3 Å². The van der Waals surface area contributed by atoms with E-state index >= 15 is 0 Å². The number of hydrogen-bond donors (Lipinski definition) is 0. The lowest BCUT2D eigenvalue weighted by Crippen LogP contribution is -2.30. The molecule has 0 N–H and O–H groups in total. The molecule has 0 saturated heterocycles. The smallest absolute Gasteiger partial charge is 0.306 e. The minimum Gasteiger partial charge on any atom is -0.462 e. The van der Waals surface area contributed by atoms with Crippen LogP contribution in [0.1, 0.15) is 297 Å². The third-order valence-corrected chi connectivity index (χ3v) is 13.3. The van der Waals surface area contributed by atoms with E-state index in [4.69, 9.17) is 14.2 Å². The van der Waals surface area contributed by atoms with Crippen LogP contribution in [0, 0.1) is 0 Å². The largest absolute Gasteiger partial charge is 0.462 e. The number of hydrogen-bond acceptors (Lipinski definition) is 6. The molecule has 1 atom stereocenters. The quantitative estimate of drug-likeness (QED) is 0.0261. The molecule has 0 heterocycles. The van der Waals surface area contributed by atoms with Gasteiger partial charge in [-0.15, -0.1) is 0 Å². The van der Waals surface area contributed by atoms with Gasteiger partial charge in [0, 0.05) is 19.3 Å². The van der Waals surface area contributed by atoms with E-state index in [1.54, 1.807) is 0 Å². The Morgan fingerprint density at radius 3 is 0.851 bits per heavy atom. The van der Waals surface area contributed by atoms with Gasteiger partial charge in [-0.2, -0.15) is 0 Å². The third kappa shape index (κ3) is 59.2. The monoisotopic (exact) mass is 1030 g/mol. The van der Waals surface area contributed by atoms with Gasteiger partial charge in [0.2, 0.25) is 0 Å². The Balaban J connectivity index is 4.14. The van der Waals surface area contributed by atoms with E-state index in [-0.39, 0.29) is 37.5 Å². The Morgan fingerprint density at radius 2 is 0.527 bits per heavy atom. The highest BCUT2D eigenvalue weighted by atomic mass is 16.6. The first-order chi connectivity index (χ1) is 36.5. The molecule has 0 fully saturated rings. The summed E-state index contributed by atoms with van der Waals surface area (Å²) in [5.41, 5.74) is 0. The number of allylic oxidation sites excluding steroid dienone is 16. The summed E-state index contributed by atoms with van der Waals surface area (Å²) < 4.78 is 16.8. The summed E-state index contributed by atoms with van der Waals surface area (Å²) in [4.78, 5) is 38.1. The molecule has 0 amide bonds. The Morgan fingerprint density at radius 1 is 0.284 bits per heavy atom. The van der Waals surface area contributed by atoms with Crippen molar-refractivity contribution in [2.24, 2.45) is 0 Å². The summed E-state index contributed by atoms with van der Waals surface area (Å²) in [6, 6.07) is 0. The van der Waals surface area contributed by atoms with Crippen LogP contribution in [0.25, 0.3) is 0 Å². The lowest BCUT2D eigenvalue weighted by molar-refractivity contribution is -0.167. The van der Waals surface area contributed by atoms with Gasteiger partial charge in [0.05, 0.1) is 0 Å². The first-order valence-corrected chi connectivity index (χ1v) is 31.2. The highest BCUT2D eigenvalue weighted by Gasteiger charge is 2.19. The van der Waals surface area contributed by atoms with Crippen LogP contribution in [0.4, 0.5) is 0 Å². The molecule has 6 heteroatoms. The predicted octanol–water partition coefficient (Wildman–Crippen LogP) is 21.3. The molecule has 0 aliphatic carbocycles. The van der Waals surface area contributed by atoms with E-state index < -0.39 is 6.10 Å². The van der Waals surface area contributed by atoms with Gasteiger partial charge in [-0.25, -0.2) is 0 Å².